The van der Waals surface area contributed by atoms with Crippen LogP contribution >= 0.6 is 0 Å². The van der Waals surface area contributed by atoms with Crippen LogP contribution in [0.5, 0.6) is 0 Å². The highest BCUT2D eigenvalue weighted by Crippen LogP contribution is 2.38. The number of esters is 1. The average molecular weight is 430 g/mol. The molecule has 5 nitrogen and oxygen atoms in total. The summed E-state index contributed by atoms with van der Waals surface area (Å²) in [4.78, 5) is 25.6. The second-order valence-corrected chi connectivity index (χ2v) is 8.85. The van der Waals surface area contributed by atoms with Crippen LogP contribution in [-0.2, 0) is 27.1 Å². The molecule has 1 aliphatic rings. The molecule has 1 aliphatic carbocycles. The van der Waals surface area contributed by atoms with Gasteiger partial charge in [0.05, 0.1) is 7.11 Å². The molecular formula is C27H27NO4. The topological polar surface area (TPSA) is 64.6 Å². The highest BCUT2D eigenvalue weighted by Gasteiger charge is 2.26. The van der Waals surface area contributed by atoms with E-state index < -0.39 is 17.7 Å². The van der Waals surface area contributed by atoms with E-state index in [0.29, 0.717) is 5.57 Å². The molecule has 0 bridgehead atoms. The lowest BCUT2D eigenvalue weighted by molar-refractivity contribution is -0.136. The molecular weight excluding hydrogens is 402 g/mol. The van der Waals surface area contributed by atoms with Crippen molar-refractivity contribution >= 4 is 28.4 Å². The molecule has 3 aromatic carbocycles. The van der Waals surface area contributed by atoms with Gasteiger partial charge in [-0.25, -0.2) is 9.59 Å². The molecule has 1 N–H and O–H groups in total. The fourth-order valence-electron chi connectivity index (χ4n) is 4.23. The van der Waals surface area contributed by atoms with Gasteiger partial charge in [-0.05, 0) is 66.6 Å². The Labute approximate surface area is 188 Å². The summed E-state index contributed by atoms with van der Waals surface area (Å²) in [5, 5.41) is 4.94. The summed E-state index contributed by atoms with van der Waals surface area (Å²) in [5.41, 5.74) is 4.18. The normalized spacial score (nSPS) is 13.5. The molecule has 0 aromatic heterocycles. The van der Waals surface area contributed by atoms with E-state index in [1.807, 2.05) is 42.5 Å². The van der Waals surface area contributed by atoms with E-state index in [2.05, 4.69) is 23.5 Å². The van der Waals surface area contributed by atoms with Gasteiger partial charge in [0.2, 0.25) is 0 Å². The van der Waals surface area contributed by atoms with Crippen LogP contribution in [0.15, 0.2) is 66.4 Å². The zero-order chi connectivity index (χ0) is 22.9. The number of carbonyl (C=O) groups excluding carboxylic acids is 2. The second-order valence-electron chi connectivity index (χ2n) is 8.85. The molecule has 5 heteroatoms. The van der Waals surface area contributed by atoms with Gasteiger partial charge in [0.25, 0.3) is 0 Å². The molecule has 32 heavy (non-hydrogen) atoms. The van der Waals surface area contributed by atoms with E-state index in [1.54, 1.807) is 20.8 Å². The van der Waals surface area contributed by atoms with E-state index in [4.69, 9.17) is 9.47 Å². The zero-order valence-electron chi connectivity index (χ0n) is 18.8. The first-order chi connectivity index (χ1) is 15.3. The first-order valence-electron chi connectivity index (χ1n) is 10.7. The van der Waals surface area contributed by atoms with E-state index >= 15 is 0 Å². The molecule has 0 saturated carbocycles. The number of hydrogen-bond acceptors (Lipinski definition) is 4. The molecule has 0 unspecified atom stereocenters. The van der Waals surface area contributed by atoms with Crippen LogP contribution in [0.4, 0.5) is 4.79 Å². The fourth-order valence-corrected chi connectivity index (χ4v) is 4.23. The summed E-state index contributed by atoms with van der Waals surface area (Å²) in [5.74, 6) is -0.641. The van der Waals surface area contributed by atoms with Gasteiger partial charge in [-0.15, -0.1) is 0 Å². The van der Waals surface area contributed by atoms with Crippen molar-refractivity contribution in [3.05, 3.63) is 88.6 Å². The lowest BCUT2D eigenvalue weighted by atomic mass is 9.90. The van der Waals surface area contributed by atoms with E-state index in [9.17, 15) is 9.59 Å². The number of amides is 1. The van der Waals surface area contributed by atoms with Crippen LogP contribution in [0, 0.1) is 0 Å². The van der Waals surface area contributed by atoms with E-state index in [-0.39, 0.29) is 5.70 Å². The summed E-state index contributed by atoms with van der Waals surface area (Å²) >= 11 is 0. The van der Waals surface area contributed by atoms with Gasteiger partial charge < -0.3 is 9.47 Å². The Balaban J connectivity index is 1.98. The lowest BCUT2D eigenvalue weighted by Gasteiger charge is -2.22. The largest absolute Gasteiger partial charge is 0.464 e. The third kappa shape index (κ3) is 4.24. The maximum Gasteiger partial charge on any atom is 0.412 e. The number of ether oxygens (including phenoxy) is 2. The number of aryl methyl sites for hydroxylation is 2. The molecule has 3 aromatic rings. The molecule has 0 fully saturated rings. The first-order valence-corrected chi connectivity index (χ1v) is 10.7. The van der Waals surface area contributed by atoms with Crippen molar-refractivity contribution in [1.82, 2.24) is 5.32 Å². The Kier molecular flexibility index (Phi) is 5.74. The summed E-state index contributed by atoms with van der Waals surface area (Å²) in [6.07, 6.45) is 1.29. The van der Waals surface area contributed by atoms with Crippen LogP contribution in [0.1, 0.15) is 43.0 Å². The van der Waals surface area contributed by atoms with Crippen molar-refractivity contribution in [2.75, 3.05) is 7.11 Å². The standard InChI is InChI=1S/C27H27NO4/c1-27(2,3)32-26(30)28-24(25(29)31-4)23(17-9-6-5-7-10-17)21-16-15-19-14-13-18-11-8-12-20(21)22(18)19/h5-12,15-16H,13-14H2,1-4H3,(H,28,30)/b24-23+. The van der Waals surface area contributed by atoms with Crippen LogP contribution in [0.3, 0.4) is 0 Å². The quantitative estimate of drug-likeness (QED) is 0.446. The van der Waals surface area contributed by atoms with E-state index in [1.165, 1.54) is 23.6 Å². The number of carbonyl (C=O) groups is 2. The molecule has 0 atom stereocenters. The molecule has 0 spiro atoms. The summed E-state index contributed by atoms with van der Waals surface area (Å²) < 4.78 is 10.5. The Bertz CT molecular complexity index is 1210. The summed E-state index contributed by atoms with van der Waals surface area (Å²) in [7, 11) is 1.30. The van der Waals surface area contributed by atoms with Crippen LogP contribution in [0.2, 0.25) is 0 Å². The smallest absolute Gasteiger partial charge is 0.412 e. The van der Waals surface area contributed by atoms with E-state index in [0.717, 1.165) is 29.4 Å². The SMILES string of the molecule is COC(=O)/C(NC(=O)OC(C)(C)C)=C(/c1ccccc1)c1ccc2c3c(cccc13)CC2. The van der Waals surface area contributed by atoms with Crippen molar-refractivity contribution < 1.29 is 19.1 Å². The third-order valence-corrected chi connectivity index (χ3v) is 5.47. The minimum atomic E-state index is -0.711. The number of benzene rings is 3. The average Bonchev–Trinajstić information content (AvgIpc) is 3.18. The fraction of sp³-hybridized carbons (Fsp3) is 0.259. The molecule has 0 aliphatic heterocycles. The maximum atomic E-state index is 12.9. The third-order valence-electron chi connectivity index (χ3n) is 5.47. The number of rotatable bonds is 4. The first kappa shape index (κ1) is 21.6. The van der Waals surface area contributed by atoms with Gasteiger partial charge in [-0.2, -0.15) is 0 Å². The van der Waals surface area contributed by atoms with Crippen LogP contribution in [0.25, 0.3) is 16.3 Å². The van der Waals surface area contributed by atoms with Crippen molar-refractivity contribution in [2.24, 2.45) is 0 Å². The molecule has 0 saturated heterocycles. The molecule has 4 rings (SSSR count). The van der Waals surface area contributed by atoms with Crippen molar-refractivity contribution in [1.29, 1.82) is 0 Å². The minimum absolute atomic E-state index is 0.0478. The zero-order valence-corrected chi connectivity index (χ0v) is 18.8. The number of hydrogen-bond donors (Lipinski definition) is 1. The minimum Gasteiger partial charge on any atom is -0.464 e. The van der Waals surface area contributed by atoms with Gasteiger partial charge in [0.1, 0.15) is 11.3 Å². The Morgan fingerprint density at radius 2 is 1.56 bits per heavy atom. The lowest BCUT2D eigenvalue weighted by Crippen LogP contribution is -2.35. The summed E-state index contributed by atoms with van der Waals surface area (Å²) in [6, 6.07) is 19.9. The van der Waals surface area contributed by atoms with Crippen LogP contribution in [-0.4, -0.2) is 24.8 Å². The van der Waals surface area contributed by atoms with Gasteiger partial charge in [0.15, 0.2) is 0 Å². The second kappa shape index (κ2) is 8.50. The highest BCUT2D eigenvalue weighted by atomic mass is 16.6. The molecule has 164 valence electrons. The van der Waals surface area contributed by atoms with Gasteiger partial charge in [0, 0.05) is 5.57 Å². The van der Waals surface area contributed by atoms with Crippen molar-refractivity contribution in [3.63, 3.8) is 0 Å². The van der Waals surface area contributed by atoms with Crippen molar-refractivity contribution in [3.8, 4) is 0 Å². The predicted octanol–water partition coefficient (Wildman–Crippen LogP) is 5.40. The molecule has 0 heterocycles. The van der Waals surface area contributed by atoms with Crippen LogP contribution < -0.4 is 5.32 Å². The maximum absolute atomic E-state index is 12.9. The summed E-state index contributed by atoms with van der Waals surface area (Å²) in [6.45, 7) is 5.32. The Morgan fingerprint density at radius 1 is 0.875 bits per heavy atom. The highest BCUT2D eigenvalue weighted by molar-refractivity contribution is 6.09. The monoisotopic (exact) mass is 429 g/mol. The Hall–Kier alpha value is -3.60. The molecule has 0 radical (unpaired) electrons. The Morgan fingerprint density at radius 3 is 2.22 bits per heavy atom. The number of methoxy groups -OCH3 is 1. The number of alkyl carbamates (subject to hydrolysis) is 1. The van der Waals surface area contributed by atoms with Gasteiger partial charge in [-0.1, -0.05) is 60.7 Å². The predicted molar refractivity (Wildman–Crippen MR) is 125 cm³/mol. The molecule has 1 amide bonds. The number of nitrogens with one attached hydrogen (secondary N) is 1. The van der Waals surface area contributed by atoms with Gasteiger partial charge in [-0.3, -0.25) is 5.32 Å². The van der Waals surface area contributed by atoms with Gasteiger partial charge >= 0.3 is 12.1 Å². The van der Waals surface area contributed by atoms with Crippen molar-refractivity contribution in [2.45, 2.75) is 39.2 Å².